The van der Waals surface area contributed by atoms with E-state index in [0.29, 0.717) is 29.1 Å². The molecule has 0 saturated heterocycles. The molecule has 1 aromatic heterocycles. The lowest BCUT2D eigenvalue weighted by molar-refractivity contribution is 0.0527. The van der Waals surface area contributed by atoms with Crippen molar-refractivity contribution in [1.29, 1.82) is 0 Å². The van der Waals surface area contributed by atoms with E-state index in [4.69, 9.17) is 9.47 Å². The van der Waals surface area contributed by atoms with Gasteiger partial charge in [0.2, 0.25) is 0 Å². The first-order chi connectivity index (χ1) is 11.7. The summed E-state index contributed by atoms with van der Waals surface area (Å²) in [5.41, 5.74) is 2.61. The predicted molar refractivity (Wildman–Crippen MR) is 94.0 cm³/mol. The Labute approximate surface area is 140 Å². The second-order valence-electron chi connectivity index (χ2n) is 5.11. The number of benzene rings is 2. The van der Waals surface area contributed by atoms with Crippen molar-refractivity contribution in [3.8, 4) is 5.75 Å². The number of anilines is 2. The van der Waals surface area contributed by atoms with Crippen LogP contribution in [0.5, 0.6) is 5.75 Å². The van der Waals surface area contributed by atoms with Crippen molar-refractivity contribution in [3.63, 3.8) is 0 Å². The zero-order chi connectivity index (χ0) is 16.9. The van der Waals surface area contributed by atoms with E-state index in [9.17, 15) is 4.79 Å². The maximum atomic E-state index is 12.3. The van der Waals surface area contributed by atoms with Gasteiger partial charge in [-0.1, -0.05) is 30.3 Å². The fraction of sp³-hybridized carbons (Fsp3) is 0.158. The van der Waals surface area contributed by atoms with Crippen LogP contribution >= 0.6 is 0 Å². The lowest BCUT2D eigenvalue weighted by Gasteiger charge is -2.15. The maximum absolute atomic E-state index is 12.3. The molecule has 0 spiro atoms. The molecule has 24 heavy (non-hydrogen) atoms. The highest BCUT2D eigenvalue weighted by molar-refractivity contribution is 6.07. The second kappa shape index (κ2) is 7.00. The third-order valence-corrected chi connectivity index (χ3v) is 3.62. The van der Waals surface area contributed by atoms with Crippen LogP contribution < -0.4 is 10.1 Å². The van der Waals surface area contributed by atoms with Crippen LogP contribution in [0.25, 0.3) is 10.9 Å². The van der Waals surface area contributed by atoms with E-state index in [-0.39, 0.29) is 0 Å². The molecule has 3 aromatic rings. The summed E-state index contributed by atoms with van der Waals surface area (Å²) < 4.78 is 10.5. The number of pyridine rings is 1. The van der Waals surface area contributed by atoms with Gasteiger partial charge in [0.25, 0.3) is 0 Å². The van der Waals surface area contributed by atoms with Crippen LogP contribution in [0.4, 0.5) is 11.4 Å². The highest BCUT2D eigenvalue weighted by atomic mass is 16.5. The van der Waals surface area contributed by atoms with Gasteiger partial charge in [-0.3, -0.25) is 4.98 Å². The topological polar surface area (TPSA) is 60.5 Å². The molecule has 3 rings (SSSR count). The number of nitrogens with one attached hydrogen (secondary N) is 1. The van der Waals surface area contributed by atoms with Crippen LogP contribution in [-0.2, 0) is 4.74 Å². The molecule has 0 aliphatic rings. The largest absolute Gasteiger partial charge is 0.494 e. The fourth-order valence-corrected chi connectivity index (χ4v) is 2.52. The summed E-state index contributed by atoms with van der Waals surface area (Å²) in [6.45, 7) is 2.08. The average Bonchev–Trinajstić information content (AvgIpc) is 2.62. The van der Waals surface area contributed by atoms with E-state index in [2.05, 4.69) is 10.3 Å². The van der Waals surface area contributed by atoms with Gasteiger partial charge in [-0.25, -0.2) is 4.79 Å². The van der Waals surface area contributed by atoms with Gasteiger partial charge in [0, 0.05) is 17.3 Å². The molecule has 0 amide bonds. The van der Waals surface area contributed by atoms with Crippen molar-refractivity contribution in [1.82, 2.24) is 4.98 Å². The lowest BCUT2D eigenvalue weighted by atomic mass is 10.1. The number of methoxy groups -OCH3 is 1. The molecule has 0 bridgehead atoms. The SMILES string of the molecule is CCOC(=O)c1cnc2c(OC)cccc2c1Nc1ccccc1. The van der Waals surface area contributed by atoms with Crippen molar-refractivity contribution in [2.24, 2.45) is 0 Å². The fourth-order valence-electron chi connectivity index (χ4n) is 2.52. The normalized spacial score (nSPS) is 10.4. The Kier molecular flexibility index (Phi) is 4.61. The van der Waals surface area contributed by atoms with Crippen LogP contribution in [0.15, 0.2) is 54.7 Å². The summed E-state index contributed by atoms with van der Waals surface area (Å²) in [6.07, 6.45) is 1.52. The molecule has 0 aliphatic carbocycles. The van der Waals surface area contributed by atoms with Crippen LogP contribution in [0.2, 0.25) is 0 Å². The summed E-state index contributed by atoms with van der Waals surface area (Å²) in [5.74, 6) is 0.243. The standard InChI is InChI=1S/C19H18N2O3/c1-3-24-19(22)15-12-20-18-14(10-7-11-16(18)23-2)17(15)21-13-8-5-4-6-9-13/h4-12H,3H2,1-2H3,(H,20,21). The van der Waals surface area contributed by atoms with Gasteiger partial charge >= 0.3 is 5.97 Å². The number of esters is 1. The van der Waals surface area contributed by atoms with E-state index < -0.39 is 5.97 Å². The first-order valence-corrected chi connectivity index (χ1v) is 7.69. The molecule has 0 radical (unpaired) electrons. The van der Waals surface area contributed by atoms with E-state index in [1.165, 1.54) is 6.20 Å². The van der Waals surface area contributed by atoms with E-state index in [0.717, 1.165) is 11.1 Å². The third kappa shape index (κ3) is 3.01. The van der Waals surface area contributed by atoms with Crippen LogP contribution in [0.3, 0.4) is 0 Å². The number of aromatic nitrogens is 1. The Balaban J connectivity index is 2.19. The van der Waals surface area contributed by atoms with Gasteiger partial charge in [0.15, 0.2) is 0 Å². The number of hydrogen-bond donors (Lipinski definition) is 1. The Morgan fingerprint density at radius 2 is 1.92 bits per heavy atom. The molecule has 1 heterocycles. The molecule has 0 saturated carbocycles. The summed E-state index contributed by atoms with van der Waals surface area (Å²) in [6, 6.07) is 15.3. The Morgan fingerprint density at radius 3 is 2.62 bits per heavy atom. The molecule has 0 aliphatic heterocycles. The van der Waals surface area contributed by atoms with Gasteiger partial charge in [0.05, 0.1) is 19.4 Å². The summed E-state index contributed by atoms with van der Waals surface area (Å²) in [7, 11) is 1.60. The maximum Gasteiger partial charge on any atom is 0.341 e. The van der Waals surface area contributed by atoms with Gasteiger partial charge in [0.1, 0.15) is 16.8 Å². The number of para-hydroxylation sites is 2. The highest BCUT2D eigenvalue weighted by Crippen LogP contribution is 2.33. The van der Waals surface area contributed by atoms with Crippen molar-refractivity contribution in [2.75, 3.05) is 19.0 Å². The quantitative estimate of drug-likeness (QED) is 0.715. The molecular weight excluding hydrogens is 304 g/mol. The van der Waals surface area contributed by atoms with Gasteiger partial charge in [-0.15, -0.1) is 0 Å². The predicted octanol–water partition coefficient (Wildman–Crippen LogP) is 4.16. The molecule has 5 heteroatoms. The van der Waals surface area contributed by atoms with Gasteiger partial charge in [-0.2, -0.15) is 0 Å². The summed E-state index contributed by atoms with van der Waals surface area (Å²) in [4.78, 5) is 16.7. The number of nitrogens with zero attached hydrogens (tertiary/aromatic N) is 1. The first kappa shape index (κ1) is 15.8. The average molecular weight is 322 g/mol. The number of rotatable bonds is 5. The number of ether oxygens (including phenoxy) is 2. The first-order valence-electron chi connectivity index (χ1n) is 7.69. The van der Waals surface area contributed by atoms with E-state index in [1.54, 1.807) is 14.0 Å². The summed E-state index contributed by atoms with van der Waals surface area (Å²) >= 11 is 0. The molecule has 0 fully saturated rings. The van der Waals surface area contributed by atoms with Crippen LogP contribution in [0.1, 0.15) is 17.3 Å². The van der Waals surface area contributed by atoms with Crippen molar-refractivity contribution in [3.05, 3.63) is 60.3 Å². The number of carbonyl (C=O) groups excluding carboxylic acids is 1. The molecule has 5 nitrogen and oxygen atoms in total. The Hall–Kier alpha value is -3.08. The van der Waals surface area contributed by atoms with E-state index >= 15 is 0 Å². The Morgan fingerprint density at radius 1 is 1.12 bits per heavy atom. The number of fused-ring (bicyclic) bond motifs is 1. The monoisotopic (exact) mass is 322 g/mol. The van der Waals surface area contributed by atoms with Crippen LogP contribution in [-0.4, -0.2) is 24.7 Å². The molecule has 1 N–H and O–H groups in total. The molecule has 0 atom stereocenters. The van der Waals surface area contributed by atoms with Crippen molar-refractivity contribution in [2.45, 2.75) is 6.92 Å². The van der Waals surface area contributed by atoms with Crippen molar-refractivity contribution < 1.29 is 14.3 Å². The third-order valence-electron chi connectivity index (χ3n) is 3.62. The van der Waals surface area contributed by atoms with Crippen molar-refractivity contribution >= 4 is 28.2 Å². The summed E-state index contributed by atoms with van der Waals surface area (Å²) in [5, 5.41) is 4.10. The number of carbonyl (C=O) groups is 1. The Bertz CT molecular complexity index is 863. The van der Waals surface area contributed by atoms with Gasteiger partial charge < -0.3 is 14.8 Å². The minimum absolute atomic E-state index is 0.305. The van der Waals surface area contributed by atoms with E-state index in [1.807, 2.05) is 48.5 Å². The second-order valence-corrected chi connectivity index (χ2v) is 5.11. The molecule has 0 unspecified atom stereocenters. The van der Waals surface area contributed by atoms with Gasteiger partial charge in [-0.05, 0) is 25.1 Å². The zero-order valence-electron chi connectivity index (χ0n) is 13.6. The number of hydrogen-bond acceptors (Lipinski definition) is 5. The minimum atomic E-state index is -0.409. The highest BCUT2D eigenvalue weighted by Gasteiger charge is 2.18. The smallest absolute Gasteiger partial charge is 0.341 e. The molecule has 122 valence electrons. The minimum Gasteiger partial charge on any atom is -0.494 e. The van der Waals surface area contributed by atoms with Crippen LogP contribution in [0, 0.1) is 0 Å². The zero-order valence-corrected chi connectivity index (χ0v) is 13.6. The lowest BCUT2D eigenvalue weighted by Crippen LogP contribution is -2.09. The molecular formula is C19H18N2O3. The molecule has 2 aromatic carbocycles.